The highest BCUT2D eigenvalue weighted by atomic mass is 32.2. The zero-order valence-electron chi connectivity index (χ0n) is 18.2. The van der Waals surface area contributed by atoms with Gasteiger partial charge in [0, 0.05) is 41.3 Å². The van der Waals surface area contributed by atoms with Crippen molar-refractivity contribution in [1.29, 1.82) is 0 Å². The Labute approximate surface area is 204 Å². The van der Waals surface area contributed by atoms with Crippen LogP contribution in [0, 0.1) is 5.82 Å². The molecule has 3 aromatic heterocycles. The van der Waals surface area contributed by atoms with Crippen molar-refractivity contribution in [3.05, 3.63) is 78.2 Å². The van der Waals surface area contributed by atoms with Gasteiger partial charge < -0.3 is 10.1 Å². The van der Waals surface area contributed by atoms with Gasteiger partial charge >= 0.3 is 0 Å². The van der Waals surface area contributed by atoms with Gasteiger partial charge in [-0.15, -0.1) is 11.3 Å². The highest BCUT2D eigenvalue weighted by molar-refractivity contribution is 7.97. The summed E-state index contributed by atoms with van der Waals surface area (Å²) in [7, 11) is 1.45. The highest BCUT2D eigenvalue weighted by Crippen LogP contribution is 2.35. The summed E-state index contributed by atoms with van der Waals surface area (Å²) in [6, 6.07) is 16.7. The van der Waals surface area contributed by atoms with E-state index in [4.69, 9.17) is 14.7 Å². The third kappa shape index (κ3) is 4.74. The minimum Gasteiger partial charge on any atom is -0.494 e. The van der Waals surface area contributed by atoms with Crippen molar-refractivity contribution in [3.8, 4) is 28.4 Å². The third-order valence-electron chi connectivity index (χ3n) is 5.03. The number of imidazole rings is 1. The number of ether oxygens (including phenoxy) is 1. The van der Waals surface area contributed by atoms with Crippen molar-refractivity contribution in [3.63, 3.8) is 0 Å². The van der Waals surface area contributed by atoms with Crippen LogP contribution in [0.4, 0.5) is 10.3 Å². The summed E-state index contributed by atoms with van der Waals surface area (Å²) in [4.78, 5) is 15.8. The first-order valence-corrected chi connectivity index (χ1v) is 12.2. The van der Waals surface area contributed by atoms with Crippen LogP contribution in [0.25, 0.3) is 27.6 Å². The molecule has 172 valence electrons. The van der Waals surface area contributed by atoms with E-state index < -0.39 is 5.82 Å². The molecular weight excluding hydrogens is 471 g/mol. The van der Waals surface area contributed by atoms with Crippen molar-refractivity contribution in [2.45, 2.75) is 4.90 Å². The predicted octanol–water partition coefficient (Wildman–Crippen LogP) is 5.38. The molecule has 2 aromatic carbocycles. The van der Waals surface area contributed by atoms with E-state index in [1.54, 1.807) is 30.3 Å². The van der Waals surface area contributed by atoms with Gasteiger partial charge in [-0.25, -0.2) is 19.3 Å². The van der Waals surface area contributed by atoms with E-state index >= 15 is 0 Å². The number of rotatable bonds is 9. The summed E-state index contributed by atoms with van der Waals surface area (Å²) in [5, 5.41) is 5.23. The van der Waals surface area contributed by atoms with Crippen LogP contribution in [0.3, 0.4) is 0 Å². The van der Waals surface area contributed by atoms with E-state index in [1.807, 2.05) is 40.2 Å². The van der Waals surface area contributed by atoms with Crippen LogP contribution in [-0.4, -0.2) is 39.6 Å². The zero-order chi connectivity index (χ0) is 23.3. The van der Waals surface area contributed by atoms with Gasteiger partial charge in [0.2, 0.25) is 5.95 Å². The van der Waals surface area contributed by atoms with Crippen molar-refractivity contribution in [1.82, 2.24) is 24.1 Å². The number of benzene rings is 2. The molecule has 0 aliphatic carbocycles. The molecule has 0 amide bonds. The zero-order valence-corrected chi connectivity index (χ0v) is 19.9. The number of hydrogen-bond acceptors (Lipinski definition) is 8. The Hall–Kier alpha value is -3.47. The highest BCUT2D eigenvalue weighted by Gasteiger charge is 2.19. The Bertz CT molecular complexity index is 1410. The molecule has 5 aromatic rings. The maximum Gasteiger partial charge on any atom is 0.223 e. The first-order chi connectivity index (χ1) is 16.7. The standard InChI is InChI=1S/C24H21FN6OS2/c1-32-20-15-16(7-8-18(20)25)21-22(31-13-14-33-24(31)30-21)19-9-10-26-23(29-19)27-11-12-28-34-17-5-3-2-4-6-17/h2-10,13-15,28H,11-12H2,1H3,(H,26,27,29). The minimum absolute atomic E-state index is 0.172. The minimum atomic E-state index is -0.415. The summed E-state index contributed by atoms with van der Waals surface area (Å²) in [5.41, 5.74) is 2.98. The van der Waals surface area contributed by atoms with E-state index in [0.717, 1.165) is 27.7 Å². The van der Waals surface area contributed by atoms with Gasteiger partial charge in [-0.2, -0.15) is 0 Å². The van der Waals surface area contributed by atoms with Gasteiger partial charge in [0.25, 0.3) is 0 Å². The topological polar surface area (TPSA) is 76.4 Å². The number of nitrogens with zero attached hydrogens (tertiary/aromatic N) is 4. The molecule has 34 heavy (non-hydrogen) atoms. The summed E-state index contributed by atoms with van der Waals surface area (Å²) in [6.07, 6.45) is 3.67. The Morgan fingerprint density at radius 3 is 2.82 bits per heavy atom. The van der Waals surface area contributed by atoms with Gasteiger partial charge in [-0.3, -0.25) is 9.12 Å². The number of aromatic nitrogens is 4. The van der Waals surface area contributed by atoms with Crippen LogP contribution in [0.1, 0.15) is 0 Å². The van der Waals surface area contributed by atoms with Gasteiger partial charge in [0.15, 0.2) is 16.5 Å². The number of thiazole rings is 1. The maximum absolute atomic E-state index is 14.0. The lowest BCUT2D eigenvalue weighted by molar-refractivity contribution is 0.387. The molecule has 0 fully saturated rings. The predicted molar refractivity (Wildman–Crippen MR) is 135 cm³/mol. The molecule has 7 nitrogen and oxygen atoms in total. The molecule has 0 bridgehead atoms. The van der Waals surface area contributed by atoms with Gasteiger partial charge in [0.05, 0.1) is 18.5 Å². The smallest absolute Gasteiger partial charge is 0.223 e. The number of nitrogens with one attached hydrogen (secondary N) is 2. The average Bonchev–Trinajstić information content (AvgIpc) is 3.46. The second kappa shape index (κ2) is 10.2. The molecular formula is C24H21FN6OS2. The number of anilines is 1. The summed E-state index contributed by atoms with van der Waals surface area (Å²) < 4.78 is 24.5. The van der Waals surface area contributed by atoms with Crippen LogP contribution >= 0.6 is 23.3 Å². The van der Waals surface area contributed by atoms with Gasteiger partial charge in [0.1, 0.15) is 5.69 Å². The fraction of sp³-hybridized carbons (Fsp3) is 0.125. The van der Waals surface area contributed by atoms with E-state index in [2.05, 4.69) is 27.2 Å². The summed E-state index contributed by atoms with van der Waals surface area (Å²) in [5.74, 6) is 0.281. The Balaban J connectivity index is 1.36. The monoisotopic (exact) mass is 492 g/mol. The number of hydrogen-bond donors (Lipinski definition) is 2. The Morgan fingerprint density at radius 2 is 1.97 bits per heavy atom. The summed E-state index contributed by atoms with van der Waals surface area (Å²) >= 11 is 3.11. The van der Waals surface area contributed by atoms with Crippen molar-refractivity contribution >= 4 is 34.2 Å². The lowest BCUT2D eigenvalue weighted by Crippen LogP contribution is -2.17. The molecule has 0 aliphatic rings. The first-order valence-electron chi connectivity index (χ1n) is 10.5. The molecule has 0 saturated carbocycles. The number of methoxy groups -OCH3 is 1. The molecule has 0 unspecified atom stereocenters. The van der Waals surface area contributed by atoms with Crippen molar-refractivity contribution in [2.24, 2.45) is 0 Å². The lowest BCUT2D eigenvalue weighted by Gasteiger charge is -2.09. The average molecular weight is 493 g/mol. The van der Waals surface area contributed by atoms with E-state index in [0.29, 0.717) is 23.9 Å². The van der Waals surface area contributed by atoms with Crippen LogP contribution in [0.15, 0.2) is 77.3 Å². The first kappa shape index (κ1) is 22.3. The molecule has 0 atom stereocenters. The van der Waals surface area contributed by atoms with E-state index in [-0.39, 0.29) is 5.75 Å². The molecule has 2 N–H and O–H groups in total. The molecule has 0 aliphatic heterocycles. The Kier molecular flexibility index (Phi) is 6.70. The second-order valence-electron chi connectivity index (χ2n) is 7.22. The van der Waals surface area contributed by atoms with Crippen LogP contribution in [0.5, 0.6) is 5.75 Å². The molecule has 0 saturated heterocycles. The van der Waals surface area contributed by atoms with Crippen molar-refractivity contribution in [2.75, 3.05) is 25.5 Å². The molecule has 0 spiro atoms. The lowest BCUT2D eigenvalue weighted by atomic mass is 10.1. The number of fused-ring (bicyclic) bond motifs is 1. The quantitative estimate of drug-likeness (QED) is 0.211. The van der Waals surface area contributed by atoms with E-state index in [9.17, 15) is 4.39 Å². The third-order valence-corrected chi connectivity index (χ3v) is 6.64. The molecule has 3 heterocycles. The fourth-order valence-corrected chi connectivity index (χ4v) is 4.84. The van der Waals surface area contributed by atoms with Gasteiger partial charge in [-0.1, -0.05) is 18.2 Å². The normalized spacial score (nSPS) is 11.1. The second-order valence-corrected chi connectivity index (χ2v) is 9.05. The molecule has 10 heteroatoms. The maximum atomic E-state index is 14.0. The molecule has 5 rings (SSSR count). The van der Waals surface area contributed by atoms with Crippen molar-refractivity contribution < 1.29 is 9.13 Å². The van der Waals surface area contributed by atoms with Crippen LogP contribution in [-0.2, 0) is 0 Å². The largest absolute Gasteiger partial charge is 0.494 e. The Morgan fingerprint density at radius 1 is 1.09 bits per heavy atom. The van der Waals surface area contributed by atoms with E-state index in [1.165, 1.54) is 24.5 Å². The van der Waals surface area contributed by atoms with Gasteiger partial charge in [-0.05, 0) is 48.3 Å². The number of halogens is 1. The summed E-state index contributed by atoms with van der Waals surface area (Å²) in [6.45, 7) is 1.39. The molecule has 0 radical (unpaired) electrons. The van der Waals surface area contributed by atoms with Crippen LogP contribution < -0.4 is 14.8 Å². The van der Waals surface area contributed by atoms with Crippen LogP contribution in [0.2, 0.25) is 0 Å². The SMILES string of the molecule is COc1cc(-c2nc3sccn3c2-c2ccnc(NCCNSc3ccccc3)n2)ccc1F. The fourth-order valence-electron chi connectivity index (χ4n) is 3.46.